The second-order valence-corrected chi connectivity index (χ2v) is 6.92. The van der Waals surface area contributed by atoms with Crippen LogP contribution in [0.3, 0.4) is 0 Å². The van der Waals surface area contributed by atoms with Crippen LogP contribution < -0.4 is 16.0 Å². The molecule has 0 fully saturated rings. The van der Waals surface area contributed by atoms with Gasteiger partial charge in [-0.1, -0.05) is 31.1 Å². The zero-order valence-corrected chi connectivity index (χ0v) is 18.2. The van der Waals surface area contributed by atoms with Crippen LogP contribution in [-0.4, -0.2) is 23.6 Å². The van der Waals surface area contributed by atoms with Crippen molar-refractivity contribution in [2.75, 3.05) is 11.9 Å². The minimum atomic E-state index is -0.277. The molecule has 0 saturated heterocycles. The Morgan fingerprint density at radius 3 is 2.52 bits per heavy atom. The molecule has 0 saturated carbocycles. The molecular formula is C23H29N5O3. The highest BCUT2D eigenvalue weighted by molar-refractivity contribution is 6.02. The number of hydrogen-bond donors (Lipinski definition) is 3. The lowest BCUT2D eigenvalue weighted by molar-refractivity contribution is 0.0996. The van der Waals surface area contributed by atoms with Gasteiger partial charge in [0.1, 0.15) is 5.76 Å². The third-order valence-corrected chi connectivity index (χ3v) is 4.76. The molecule has 2 heterocycles. The van der Waals surface area contributed by atoms with Gasteiger partial charge in [-0.3, -0.25) is 4.79 Å². The molecule has 1 amide bonds. The predicted octanol–water partition coefficient (Wildman–Crippen LogP) is 3.90. The maximum absolute atomic E-state index is 12.1. The van der Waals surface area contributed by atoms with Gasteiger partial charge in [0.15, 0.2) is 11.7 Å². The third-order valence-electron chi connectivity index (χ3n) is 4.76. The van der Waals surface area contributed by atoms with Crippen LogP contribution in [0.2, 0.25) is 0 Å². The number of aryl methyl sites for hydroxylation is 2. The van der Waals surface area contributed by atoms with E-state index in [1.165, 1.54) is 6.26 Å². The first-order valence-electron chi connectivity index (χ1n) is 10.6. The Labute approximate surface area is 182 Å². The minimum Gasteiger partial charge on any atom is -0.459 e. The van der Waals surface area contributed by atoms with Gasteiger partial charge in [0.2, 0.25) is 0 Å². The van der Waals surface area contributed by atoms with E-state index in [1.54, 1.807) is 12.1 Å². The summed E-state index contributed by atoms with van der Waals surface area (Å²) in [6, 6.07) is 10.9. The SMILES string of the molecule is CCNC(=NCc1ccc(NC(=O)c2ccco2)cc1)NCc1c(CC)noc1CC. The lowest BCUT2D eigenvalue weighted by Crippen LogP contribution is -2.37. The molecule has 0 aliphatic carbocycles. The summed E-state index contributed by atoms with van der Waals surface area (Å²) in [6.07, 6.45) is 3.11. The normalized spacial score (nSPS) is 11.4. The number of furan rings is 1. The van der Waals surface area contributed by atoms with Crippen molar-refractivity contribution in [2.24, 2.45) is 4.99 Å². The van der Waals surface area contributed by atoms with Crippen LogP contribution in [0.15, 0.2) is 56.6 Å². The molecule has 164 valence electrons. The van der Waals surface area contributed by atoms with Gasteiger partial charge in [0.05, 0.1) is 18.5 Å². The molecule has 3 aromatic rings. The van der Waals surface area contributed by atoms with Crippen molar-refractivity contribution >= 4 is 17.6 Å². The van der Waals surface area contributed by atoms with E-state index in [0.29, 0.717) is 18.8 Å². The second kappa shape index (κ2) is 11.0. The van der Waals surface area contributed by atoms with Gasteiger partial charge in [0.25, 0.3) is 5.91 Å². The number of carbonyl (C=O) groups is 1. The number of aliphatic imine (C=N–C) groups is 1. The number of guanidine groups is 1. The Morgan fingerprint density at radius 2 is 1.87 bits per heavy atom. The van der Waals surface area contributed by atoms with Crippen LogP contribution >= 0.6 is 0 Å². The first-order chi connectivity index (χ1) is 15.1. The summed E-state index contributed by atoms with van der Waals surface area (Å²) in [4.78, 5) is 16.7. The van der Waals surface area contributed by atoms with Crippen molar-refractivity contribution < 1.29 is 13.7 Å². The van der Waals surface area contributed by atoms with Crippen molar-refractivity contribution in [1.29, 1.82) is 0 Å². The van der Waals surface area contributed by atoms with E-state index in [0.717, 1.165) is 47.9 Å². The summed E-state index contributed by atoms with van der Waals surface area (Å²) in [7, 11) is 0. The summed E-state index contributed by atoms with van der Waals surface area (Å²) < 4.78 is 10.5. The van der Waals surface area contributed by atoms with E-state index < -0.39 is 0 Å². The van der Waals surface area contributed by atoms with Crippen LogP contribution in [0.5, 0.6) is 0 Å². The fourth-order valence-corrected chi connectivity index (χ4v) is 3.12. The smallest absolute Gasteiger partial charge is 0.291 e. The standard InChI is InChI=1S/C23H29N5O3/c1-4-19-18(20(5-2)31-28-19)15-26-23(24-6-3)25-14-16-9-11-17(12-10-16)27-22(29)21-8-7-13-30-21/h7-13H,4-6,14-15H2,1-3H3,(H,27,29)(H2,24,25,26). The highest BCUT2D eigenvalue weighted by Crippen LogP contribution is 2.16. The van der Waals surface area contributed by atoms with E-state index >= 15 is 0 Å². The van der Waals surface area contributed by atoms with Crippen LogP contribution in [0, 0.1) is 0 Å². The van der Waals surface area contributed by atoms with Crippen molar-refractivity contribution in [3.63, 3.8) is 0 Å². The first kappa shape index (κ1) is 22.1. The van der Waals surface area contributed by atoms with E-state index in [9.17, 15) is 4.79 Å². The summed E-state index contributed by atoms with van der Waals surface area (Å²) >= 11 is 0. The molecule has 0 spiro atoms. The summed E-state index contributed by atoms with van der Waals surface area (Å²) in [5.74, 6) is 1.64. The molecule has 3 rings (SSSR count). The zero-order valence-electron chi connectivity index (χ0n) is 18.2. The molecule has 0 atom stereocenters. The topological polar surface area (TPSA) is 105 Å². The van der Waals surface area contributed by atoms with Crippen molar-refractivity contribution in [1.82, 2.24) is 15.8 Å². The number of amides is 1. The Morgan fingerprint density at radius 1 is 1.06 bits per heavy atom. The van der Waals surface area contributed by atoms with Gasteiger partial charge in [0, 0.05) is 30.8 Å². The molecular weight excluding hydrogens is 394 g/mol. The molecule has 0 aliphatic rings. The molecule has 1 aromatic carbocycles. The monoisotopic (exact) mass is 423 g/mol. The number of nitrogens with one attached hydrogen (secondary N) is 3. The van der Waals surface area contributed by atoms with Gasteiger partial charge < -0.3 is 24.9 Å². The number of aromatic nitrogens is 1. The molecule has 3 N–H and O–H groups in total. The lowest BCUT2D eigenvalue weighted by Gasteiger charge is -2.12. The number of hydrogen-bond acceptors (Lipinski definition) is 5. The number of anilines is 1. The van der Waals surface area contributed by atoms with Crippen LogP contribution in [0.25, 0.3) is 0 Å². The van der Waals surface area contributed by atoms with Gasteiger partial charge >= 0.3 is 0 Å². The average Bonchev–Trinajstić information content (AvgIpc) is 3.46. The largest absolute Gasteiger partial charge is 0.459 e. The zero-order chi connectivity index (χ0) is 22.1. The Kier molecular flexibility index (Phi) is 7.86. The van der Waals surface area contributed by atoms with Crippen molar-refractivity contribution in [3.05, 3.63) is 71.0 Å². The quantitative estimate of drug-likeness (QED) is 0.356. The van der Waals surface area contributed by atoms with Crippen LogP contribution in [0.1, 0.15) is 53.9 Å². The summed E-state index contributed by atoms with van der Waals surface area (Å²) in [5, 5.41) is 13.6. The number of benzene rings is 1. The minimum absolute atomic E-state index is 0.277. The summed E-state index contributed by atoms with van der Waals surface area (Å²) in [5.41, 5.74) is 3.81. The third kappa shape index (κ3) is 5.97. The van der Waals surface area contributed by atoms with E-state index in [4.69, 9.17) is 8.94 Å². The van der Waals surface area contributed by atoms with Gasteiger partial charge in [-0.05, 0) is 43.2 Å². The fraction of sp³-hybridized carbons (Fsp3) is 0.348. The van der Waals surface area contributed by atoms with Gasteiger partial charge in [-0.25, -0.2) is 4.99 Å². The predicted molar refractivity (Wildman–Crippen MR) is 120 cm³/mol. The van der Waals surface area contributed by atoms with Crippen LogP contribution in [0.4, 0.5) is 5.69 Å². The van der Waals surface area contributed by atoms with E-state index in [-0.39, 0.29) is 11.7 Å². The van der Waals surface area contributed by atoms with Crippen molar-refractivity contribution in [2.45, 2.75) is 46.7 Å². The molecule has 31 heavy (non-hydrogen) atoms. The lowest BCUT2D eigenvalue weighted by atomic mass is 10.1. The molecule has 8 nitrogen and oxygen atoms in total. The van der Waals surface area contributed by atoms with E-state index in [2.05, 4.69) is 39.9 Å². The number of nitrogens with zero attached hydrogens (tertiary/aromatic N) is 2. The molecule has 0 aliphatic heterocycles. The molecule has 2 aromatic heterocycles. The van der Waals surface area contributed by atoms with Gasteiger partial charge in [-0.15, -0.1) is 0 Å². The number of rotatable bonds is 9. The van der Waals surface area contributed by atoms with Crippen molar-refractivity contribution in [3.8, 4) is 0 Å². The molecule has 0 bridgehead atoms. The Balaban J connectivity index is 1.60. The molecule has 0 unspecified atom stereocenters. The average molecular weight is 424 g/mol. The van der Waals surface area contributed by atoms with Gasteiger partial charge in [-0.2, -0.15) is 0 Å². The highest BCUT2D eigenvalue weighted by atomic mass is 16.5. The molecule has 8 heteroatoms. The Hall–Kier alpha value is -3.55. The van der Waals surface area contributed by atoms with Crippen LogP contribution in [-0.2, 0) is 25.9 Å². The fourth-order valence-electron chi connectivity index (χ4n) is 3.12. The van der Waals surface area contributed by atoms with E-state index in [1.807, 2.05) is 31.2 Å². The first-order valence-corrected chi connectivity index (χ1v) is 10.6. The maximum atomic E-state index is 12.1. The molecule has 0 radical (unpaired) electrons. The maximum Gasteiger partial charge on any atom is 0.291 e. The Bertz CT molecular complexity index is 969. The highest BCUT2D eigenvalue weighted by Gasteiger charge is 2.13. The second-order valence-electron chi connectivity index (χ2n) is 6.92. The number of carbonyl (C=O) groups excluding carboxylic acids is 1. The summed E-state index contributed by atoms with van der Waals surface area (Å²) in [6.45, 7) is 8.03.